The van der Waals surface area contributed by atoms with E-state index in [0.29, 0.717) is 17.1 Å². The van der Waals surface area contributed by atoms with Gasteiger partial charge in [0.05, 0.1) is 0 Å². The van der Waals surface area contributed by atoms with Crippen molar-refractivity contribution in [2.45, 2.75) is 0 Å². The molecule has 1 N–H and O–H groups in total. The molecule has 28 heavy (non-hydrogen) atoms. The molecule has 0 spiro atoms. The molecule has 0 atom stereocenters. The second kappa shape index (κ2) is 9.09. The number of hydrogen-bond acceptors (Lipinski definition) is 4. The first-order valence-electron chi connectivity index (χ1n) is 8.62. The van der Waals surface area contributed by atoms with Crippen LogP contribution in [0, 0.1) is 0 Å². The summed E-state index contributed by atoms with van der Waals surface area (Å²) in [6.07, 6.45) is 3.39. The van der Waals surface area contributed by atoms with Crippen molar-refractivity contribution >= 4 is 5.71 Å². The number of rotatable bonds is 4. The maximum atomic E-state index is 9.88. The molecule has 0 fully saturated rings. The van der Waals surface area contributed by atoms with Crippen molar-refractivity contribution in [2.24, 2.45) is 5.16 Å². The third-order valence-electron chi connectivity index (χ3n) is 4.33. The maximum Gasteiger partial charge on any atom is 0.155 e. The normalized spacial score (nSPS) is 10.0. The average Bonchev–Trinajstić information content (AvgIpc) is 2.76. The molecule has 0 aliphatic heterocycles. The maximum absolute atomic E-state index is 9.88. The van der Waals surface area contributed by atoms with Crippen molar-refractivity contribution in [1.29, 1.82) is 0 Å². The minimum atomic E-state index is 0. The van der Waals surface area contributed by atoms with Crippen LogP contribution in [0.1, 0.15) is 11.4 Å². The van der Waals surface area contributed by atoms with Crippen LogP contribution in [-0.4, -0.2) is 20.9 Å². The third-order valence-corrected chi connectivity index (χ3v) is 4.33. The van der Waals surface area contributed by atoms with E-state index in [-0.39, 0.29) is 17.1 Å². The van der Waals surface area contributed by atoms with E-state index in [1.807, 2.05) is 84.9 Å². The molecule has 2 aromatic heterocycles. The molecule has 4 nitrogen and oxygen atoms in total. The number of aromatic nitrogens is 2. The van der Waals surface area contributed by atoms with E-state index >= 15 is 0 Å². The van der Waals surface area contributed by atoms with Crippen molar-refractivity contribution < 1.29 is 22.3 Å². The summed E-state index contributed by atoms with van der Waals surface area (Å²) in [6.45, 7) is 0. The van der Waals surface area contributed by atoms with Crippen LogP contribution in [0.2, 0.25) is 0 Å². The molecule has 4 rings (SSSR count). The molecule has 2 aromatic carbocycles. The largest absolute Gasteiger partial charge is 0.410 e. The molecule has 0 bridgehead atoms. The van der Waals surface area contributed by atoms with Crippen LogP contribution in [0.4, 0.5) is 0 Å². The standard InChI is InChI=1S/C23H17N3O.Fe/c27-26-23(21-19(13-7-15-24-21)17-9-3-1-4-10-17)22-20(14-8-16-25-22)18-11-5-2-6-12-18;/h1-16,27H;. The molecule has 138 valence electrons. The Kier molecular flexibility index (Phi) is 6.33. The van der Waals surface area contributed by atoms with Gasteiger partial charge in [-0.1, -0.05) is 78.0 Å². The first-order chi connectivity index (χ1) is 13.4. The molecule has 0 radical (unpaired) electrons. The summed E-state index contributed by atoms with van der Waals surface area (Å²) in [5.74, 6) is 0. The van der Waals surface area contributed by atoms with Gasteiger partial charge < -0.3 is 5.21 Å². The molecule has 0 aliphatic carbocycles. The summed E-state index contributed by atoms with van der Waals surface area (Å²) in [7, 11) is 0. The number of pyridine rings is 2. The molecular formula is C23H17FeN3O. The topological polar surface area (TPSA) is 58.4 Å². The molecule has 4 aromatic rings. The number of hydrogen-bond donors (Lipinski definition) is 1. The van der Waals surface area contributed by atoms with Gasteiger partial charge in [0.15, 0.2) is 5.71 Å². The molecule has 0 aliphatic rings. The fourth-order valence-corrected chi connectivity index (χ4v) is 3.10. The predicted octanol–water partition coefficient (Wildman–Crippen LogP) is 5.03. The van der Waals surface area contributed by atoms with Gasteiger partial charge in [-0.25, -0.2) is 0 Å². The Morgan fingerprint density at radius 1 is 0.607 bits per heavy atom. The number of benzene rings is 2. The molecule has 2 heterocycles. The van der Waals surface area contributed by atoms with E-state index in [4.69, 9.17) is 0 Å². The number of nitrogens with zero attached hydrogens (tertiary/aromatic N) is 3. The van der Waals surface area contributed by atoms with Gasteiger partial charge >= 0.3 is 0 Å². The zero-order valence-corrected chi connectivity index (χ0v) is 16.0. The average molecular weight is 407 g/mol. The van der Waals surface area contributed by atoms with E-state index in [1.165, 1.54) is 0 Å². The Morgan fingerprint density at radius 3 is 1.43 bits per heavy atom. The van der Waals surface area contributed by atoms with Gasteiger partial charge in [-0.05, 0) is 23.3 Å². The van der Waals surface area contributed by atoms with E-state index in [9.17, 15) is 5.21 Å². The van der Waals surface area contributed by atoms with E-state index < -0.39 is 0 Å². The Labute approximate surface area is 174 Å². The predicted molar refractivity (Wildman–Crippen MR) is 107 cm³/mol. The van der Waals surface area contributed by atoms with Crippen LogP contribution in [-0.2, 0) is 17.1 Å². The van der Waals surface area contributed by atoms with E-state index in [2.05, 4.69) is 15.1 Å². The van der Waals surface area contributed by atoms with Crippen LogP contribution in [0.15, 0.2) is 102 Å². The van der Waals surface area contributed by atoms with Crippen LogP contribution in [0.3, 0.4) is 0 Å². The Hall–Kier alpha value is -3.27. The summed E-state index contributed by atoms with van der Waals surface area (Å²) in [6, 6.07) is 27.5. The summed E-state index contributed by atoms with van der Waals surface area (Å²) in [5, 5.41) is 13.5. The summed E-state index contributed by atoms with van der Waals surface area (Å²) < 4.78 is 0. The molecule has 0 saturated heterocycles. The summed E-state index contributed by atoms with van der Waals surface area (Å²) >= 11 is 0. The second-order valence-corrected chi connectivity index (χ2v) is 5.98. The van der Waals surface area contributed by atoms with Crippen molar-refractivity contribution in [3.63, 3.8) is 0 Å². The smallest absolute Gasteiger partial charge is 0.155 e. The minimum absolute atomic E-state index is 0. The fraction of sp³-hybridized carbons (Fsp3) is 0. The van der Waals surface area contributed by atoms with Crippen molar-refractivity contribution in [3.05, 3.63) is 109 Å². The molecular weight excluding hydrogens is 390 g/mol. The van der Waals surface area contributed by atoms with Gasteiger partial charge in [-0.15, -0.1) is 0 Å². The monoisotopic (exact) mass is 407 g/mol. The Morgan fingerprint density at radius 2 is 1.04 bits per heavy atom. The molecule has 0 amide bonds. The van der Waals surface area contributed by atoms with Crippen LogP contribution >= 0.6 is 0 Å². The van der Waals surface area contributed by atoms with Crippen molar-refractivity contribution in [1.82, 2.24) is 9.97 Å². The first kappa shape index (κ1) is 19.5. The summed E-state index contributed by atoms with van der Waals surface area (Å²) in [5.41, 5.74) is 5.28. The van der Waals surface area contributed by atoms with Gasteiger partial charge in [0.25, 0.3) is 0 Å². The van der Waals surface area contributed by atoms with Crippen LogP contribution in [0.25, 0.3) is 22.3 Å². The van der Waals surface area contributed by atoms with E-state index in [0.717, 1.165) is 22.3 Å². The molecule has 0 unspecified atom stereocenters. The Balaban J connectivity index is 0.00000225. The van der Waals surface area contributed by atoms with Crippen LogP contribution < -0.4 is 0 Å². The second-order valence-electron chi connectivity index (χ2n) is 5.98. The Bertz CT molecular complexity index is 998. The van der Waals surface area contributed by atoms with Crippen LogP contribution in [0.5, 0.6) is 0 Å². The zero-order valence-electron chi connectivity index (χ0n) is 14.9. The molecule has 5 heteroatoms. The molecule has 0 saturated carbocycles. The minimum Gasteiger partial charge on any atom is -0.410 e. The van der Waals surface area contributed by atoms with Gasteiger partial charge in [0, 0.05) is 40.6 Å². The zero-order chi connectivity index (χ0) is 18.5. The van der Waals surface area contributed by atoms with Gasteiger partial charge in [0.1, 0.15) is 11.4 Å². The van der Waals surface area contributed by atoms with Gasteiger partial charge in [-0.2, -0.15) is 0 Å². The van der Waals surface area contributed by atoms with Gasteiger partial charge in [-0.3, -0.25) is 9.97 Å². The third kappa shape index (κ3) is 3.86. The van der Waals surface area contributed by atoms with Gasteiger partial charge in [0.2, 0.25) is 0 Å². The summed E-state index contributed by atoms with van der Waals surface area (Å²) in [4.78, 5) is 9.01. The quantitative estimate of drug-likeness (QED) is 0.223. The fourth-order valence-electron chi connectivity index (χ4n) is 3.10. The SMILES string of the molecule is ON=C(c1ncccc1-c1ccccc1)c1ncccc1-c1ccccc1.[Fe]. The number of oxime groups is 1. The van der Waals surface area contributed by atoms with Crippen molar-refractivity contribution in [2.75, 3.05) is 0 Å². The van der Waals surface area contributed by atoms with E-state index in [1.54, 1.807) is 12.4 Å². The van der Waals surface area contributed by atoms with Crippen molar-refractivity contribution in [3.8, 4) is 22.3 Å². The first-order valence-corrected chi connectivity index (χ1v) is 8.62.